The molecule has 5 nitrogen and oxygen atoms in total. The van der Waals surface area contributed by atoms with Crippen LogP contribution in [0.15, 0.2) is 41.8 Å². The number of imidazole rings is 1. The molecule has 0 spiro atoms. The van der Waals surface area contributed by atoms with E-state index in [2.05, 4.69) is 10.3 Å². The van der Waals surface area contributed by atoms with Crippen molar-refractivity contribution in [3.8, 4) is 0 Å². The molecule has 0 fully saturated rings. The van der Waals surface area contributed by atoms with Gasteiger partial charge in [0.2, 0.25) is 5.91 Å². The topological polar surface area (TPSA) is 64.0 Å². The van der Waals surface area contributed by atoms with Crippen LogP contribution in [-0.4, -0.2) is 26.5 Å². The zero-order valence-corrected chi connectivity index (χ0v) is 15.3. The molecule has 1 N–H and O–H groups in total. The molecule has 0 aliphatic rings. The molecule has 1 heterocycles. The molecule has 1 amide bonds. The van der Waals surface area contributed by atoms with Crippen LogP contribution in [0, 0.1) is 5.92 Å². The number of hydrogen-bond donors (Lipinski definition) is 1. The molecule has 0 aliphatic heterocycles. The second kappa shape index (κ2) is 8.15. The van der Waals surface area contributed by atoms with Crippen LogP contribution in [0.5, 0.6) is 0 Å². The lowest BCUT2D eigenvalue weighted by Gasteiger charge is -2.12. The molecule has 0 saturated carbocycles. The third-order valence-electron chi connectivity index (χ3n) is 3.63. The minimum absolute atomic E-state index is 0.0376. The molecule has 0 radical (unpaired) electrons. The Balaban J connectivity index is 2.02. The minimum atomic E-state index is -0.228. The number of aromatic nitrogens is 2. The largest absolute Gasteiger partial charge is 0.326 e. The van der Waals surface area contributed by atoms with Gasteiger partial charge in [-0.3, -0.25) is 9.59 Å². The fourth-order valence-corrected chi connectivity index (χ4v) is 3.11. The monoisotopic (exact) mass is 345 g/mol. The summed E-state index contributed by atoms with van der Waals surface area (Å²) in [7, 11) is 0. The molecular weight excluding hydrogens is 322 g/mol. The van der Waals surface area contributed by atoms with Crippen molar-refractivity contribution in [3.63, 3.8) is 0 Å². The molecule has 1 unspecified atom stereocenters. The highest BCUT2D eigenvalue weighted by Crippen LogP contribution is 2.25. The first kappa shape index (κ1) is 18.3. The third kappa shape index (κ3) is 4.47. The van der Waals surface area contributed by atoms with Crippen LogP contribution in [-0.2, 0) is 11.3 Å². The van der Waals surface area contributed by atoms with Crippen molar-refractivity contribution < 1.29 is 9.59 Å². The van der Waals surface area contributed by atoms with Crippen LogP contribution < -0.4 is 5.32 Å². The second-order valence-corrected chi connectivity index (χ2v) is 7.15. The Hall–Kier alpha value is -2.08. The third-order valence-corrected chi connectivity index (χ3v) is 4.75. The van der Waals surface area contributed by atoms with E-state index in [1.807, 2.05) is 38.5 Å². The van der Waals surface area contributed by atoms with Gasteiger partial charge in [-0.2, -0.15) is 0 Å². The Morgan fingerprint density at radius 1 is 1.21 bits per heavy atom. The molecule has 1 aromatic carbocycles. The number of carbonyl (C=O) groups is 2. The first-order chi connectivity index (χ1) is 11.4. The smallest absolute Gasteiger partial charge is 0.226 e. The quantitative estimate of drug-likeness (QED) is 0.611. The van der Waals surface area contributed by atoms with E-state index in [9.17, 15) is 9.59 Å². The van der Waals surface area contributed by atoms with Crippen LogP contribution >= 0.6 is 11.8 Å². The summed E-state index contributed by atoms with van der Waals surface area (Å²) in [5, 5.41) is 3.44. The number of nitrogens with zero attached hydrogens (tertiary/aromatic N) is 2. The summed E-state index contributed by atoms with van der Waals surface area (Å²) in [5.74, 6) is -0.0678. The molecule has 2 rings (SSSR count). The number of amides is 1. The fourth-order valence-electron chi connectivity index (χ4n) is 2.11. The van der Waals surface area contributed by atoms with Gasteiger partial charge in [-0.15, -0.1) is 0 Å². The second-order valence-electron chi connectivity index (χ2n) is 5.84. The summed E-state index contributed by atoms with van der Waals surface area (Å²) in [4.78, 5) is 28.5. The average Bonchev–Trinajstić information content (AvgIpc) is 3.01. The van der Waals surface area contributed by atoms with Gasteiger partial charge in [0, 0.05) is 36.1 Å². The Morgan fingerprint density at radius 3 is 2.46 bits per heavy atom. The average molecular weight is 345 g/mol. The van der Waals surface area contributed by atoms with E-state index < -0.39 is 0 Å². The zero-order valence-electron chi connectivity index (χ0n) is 14.4. The normalized spacial score (nSPS) is 12.2. The van der Waals surface area contributed by atoms with Crippen molar-refractivity contribution >= 4 is 29.1 Å². The predicted octanol–water partition coefficient (Wildman–Crippen LogP) is 3.86. The van der Waals surface area contributed by atoms with E-state index in [1.54, 1.807) is 30.5 Å². The molecule has 2 aromatic rings. The molecule has 6 heteroatoms. The van der Waals surface area contributed by atoms with Crippen molar-refractivity contribution in [1.29, 1.82) is 0 Å². The van der Waals surface area contributed by atoms with Crippen LogP contribution in [0.1, 0.15) is 38.1 Å². The number of ketones is 1. The van der Waals surface area contributed by atoms with Gasteiger partial charge in [0.25, 0.3) is 0 Å². The number of anilines is 1. The highest BCUT2D eigenvalue weighted by molar-refractivity contribution is 8.00. The number of aryl methyl sites for hydroxylation is 1. The number of thioether (sulfide) groups is 1. The zero-order chi connectivity index (χ0) is 17.7. The van der Waals surface area contributed by atoms with E-state index >= 15 is 0 Å². The molecule has 1 aromatic heterocycles. The number of benzene rings is 1. The molecule has 24 heavy (non-hydrogen) atoms. The van der Waals surface area contributed by atoms with Gasteiger partial charge in [0.15, 0.2) is 10.9 Å². The molecule has 0 aliphatic carbocycles. The van der Waals surface area contributed by atoms with Crippen molar-refractivity contribution in [2.75, 3.05) is 5.32 Å². The predicted molar refractivity (Wildman–Crippen MR) is 97.5 cm³/mol. The summed E-state index contributed by atoms with van der Waals surface area (Å²) in [6.07, 6.45) is 3.65. The lowest BCUT2D eigenvalue weighted by molar-refractivity contribution is -0.118. The van der Waals surface area contributed by atoms with Gasteiger partial charge in [-0.1, -0.05) is 25.6 Å². The number of nitrogens with one attached hydrogen (secondary N) is 1. The maximum absolute atomic E-state index is 12.6. The standard InChI is InChI=1S/C18H23N3O2S/c1-5-21-11-10-19-18(21)24-13(4)16(22)14-6-8-15(9-7-14)20-17(23)12(2)3/h6-13H,5H2,1-4H3,(H,20,23). The Kier molecular flexibility index (Phi) is 6.20. The maximum Gasteiger partial charge on any atom is 0.226 e. The molecule has 1 atom stereocenters. The van der Waals surface area contributed by atoms with Gasteiger partial charge in [-0.05, 0) is 38.1 Å². The number of Topliss-reactive ketones (excluding diaryl/α,β-unsaturated/α-hetero) is 1. The Labute approximate surface area is 146 Å². The van der Waals surface area contributed by atoms with Crippen molar-refractivity contribution in [2.45, 2.75) is 44.6 Å². The lowest BCUT2D eigenvalue weighted by Crippen LogP contribution is -2.18. The van der Waals surface area contributed by atoms with Crippen molar-refractivity contribution in [3.05, 3.63) is 42.2 Å². The van der Waals surface area contributed by atoms with E-state index in [0.29, 0.717) is 11.3 Å². The Bertz CT molecular complexity index is 707. The van der Waals surface area contributed by atoms with E-state index in [1.165, 1.54) is 11.8 Å². The summed E-state index contributed by atoms with van der Waals surface area (Å²) >= 11 is 1.46. The van der Waals surface area contributed by atoms with Gasteiger partial charge in [0.1, 0.15) is 0 Å². The lowest BCUT2D eigenvalue weighted by atomic mass is 10.1. The van der Waals surface area contributed by atoms with Crippen LogP contribution in [0.25, 0.3) is 0 Å². The summed E-state index contributed by atoms with van der Waals surface area (Å²) in [5.41, 5.74) is 1.33. The van der Waals surface area contributed by atoms with E-state index in [0.717, 1.165) is 11.7 Å². The van der Waals surface area contributed by atoms with Crippen LogP contribution in [0.4, 0.5) is 5.69 Å². The Morgan fingerprint density at radius 2 is 1.88 bits per heavy atom. The first-order valence-corrected chi connectivity index (χ1v) is 8.93. The highest BCUT2D eigenvalue weighted by atomic mass is 32.2. The van der Waals surface area contributed by atoms with E-state index in [4.69, 9.17) is 0 Å². The van der Waals surface area contributed by atoms with Gasteiger partial charge >= 0.3 is 0 Å². The molecule has 128 valence electrons. The van der Waals surface area contributed by atoms with Crippen molar-refractivity contribution in [1.82, 2.24) is 9.55 Å². The van der Waals surface area contributed by atoms with Gasteiger partial charge in [0.05, 0.1) is 5.25 Å². The fraction of sp³-hybridized carbons (Fsp3) is 0.389. The van der Waals surface area contributed by atoms with Gasteiger partial charge in [-0.25, -0.2) is 4.98 Å². The first-order valence-electron chi connectivity index (χ1n) is 8.05. The summed E-state index contributed by atoms with van der Waals surface area (Å²) in [6, 6.07) is 7.03. The molecular formula is C18H23N3O2S. The van der Waals surface area contributed by atoms with Crippen LogP contribution in [0.2, 0.25) is 0 Å². The number of rotatable bonds is 7. The highest BCUT2D eigenvalue weighted by Gasteiger charge is 2.19. The summed E-state index contributed by atoms with van der Waals surface area (Å²) in [6.45, 7) is 8.44. The number of hydrogen-bond acceptors (Lipinski definition) is 4. The minimum Gasteiger partial charge on any atom is -0.326 e. The van der Waals surface area contributed by atoms with Crippen LogP contribution in [0.3, 0.4) is 0 Å². The van der Waals surface area contributed by atoms with E-state index in [-0.39, 0.29) is 22.9 Å². The SMILES string of the molecule is CCn1ccnc1SC(C)C(=O)c1ccc(NC(=O)C(C)C)cc1. The maximum atomic E-state index is 12.6. The molecule has 0 saturated heterocycles. The van der Waals surface area contributed by atoms with Gasteiger partial charge < -0.3 is 9.88 Å². The molecule has 0 bridgehead atoms. The summed E-state index contributed by atoms with van der Waals surface area (Å²) < 4.78 is 2.01. The number of carbonyl (C=O) groups excluding carboxylic acids is 2. The van der Waals surface area contributed by atoms with Crippen molar-refractivity contribution in [2.24, 2.45) is 5.92 Å².